The van der Waals surface area contributed by atoms with Crippen LogP contribution in [-0.4, -0.2) is 9.97 Å². The first-order valence-corrected chi connectivity index (χ1v) is 9.49. The molecular formula is C22H26Br2Cl2N10. The first-order valence-electron chi connectivity index (χ1n) is 9.49. The number of anilines is 4. The maximum absolute atomic E-state index is 5.64. The molecule has 0 radical (unpaired) electrons. The van der Waals surface area contributed by atoms with Gasteiger partial charge in [0.1, 0.15) is 23.0 Å². The van der Waals surface area contributed by atoms with Crippen LogP contribution in [0.15, 0.2) is 105 Å². The lowest BCUT2D eigenvalue weighted by atomic mass is 10.3. The Labute approximate surface area is 242 Å². The third-order valence-corrected chi connectivity index (χ3v) is 3.91. The molecule has 0 atom stereocenters. The van der Waals surface area contributed by atoms with Crippen LogP contribution in [0.3, 0.4) is 0 Å². The molecule has 2 aromatic heterocycles. The average Bonchev–Trinajstić information content (AvgIpc) is 2.80. The zero-order chi connectivity index (χ0) is 22.8. The Hall–Kier alpha value is -3.32. The fraction of sp³-hybridized carbons (Fsp3) is 0. The molecule has 0 saturated heterocycles. The summed E-state index contributed by atoms with van der Waals surface area (Å²) in [6, 6.07) is 25.4. The monoisotopic (exact) mass is 658 g/mol. The van der Waals surface area contributed by atoms with Crippen molar-refractivity contribution in [2.75, 3.05) is 22.9 Å². The summed E-state index contributed by atoms with van der Waals surface area (Å²) < 4.78 is 0. The summed E-state index contributed by atoms with van der Waals surface area (Å²) in [5.41, 5.74) is 24.8. The number of hydrogen-bond acceptors (Lipinski definition) is 10. The van der Waals surface area contributed by atoms with Crippen LogP contribution in [0.2, 0.25) is 0 Å². The lowest BCUT2D eigenvalue weighted by molar-refractivity contribution is 1.21. The molecule has 0 amide bonds. The van der Waals surface area contributed by atoms with Gasteiger partial charge in [0, 0.05) is 0 Å². The van der Waals surface area contributed by atoms with Crippen molar-refractivity contribution in [1.29, 1.82) is 0 Å². The van der Waals surface area contributed by atoms with Gasteiger partial charge in [-0.1, -0.05) is 36.4 Å². The zero-order valence-electron chi connectivity index (χ0n) is 18.7. The fourth-order valence-electron chi connectivity index (χ4n) is 2.35. The maximum atomic E-state index is 5.64. The Kier molecular flexibility index (Phi) is 17.4. The number of rotatable bonds is 4. The van der Waals surface area contributed by atoms with Gasteiger partial charge < -0.3 is 22.9 Å². The fourth-order valence-corrected chi connectivity index (χ4v) is 2.35. The Balaban J connectivity index is 0. The van der Waals surface area contributed by atoms with E-state index in [0.29, 0.717) is 23.0 Å². The molecule has 8 N–H and O–H groups in total. The van der Waals surface area contributed by atoms with Gasteiger partial charge in [-0.15, -0.1) is 69.0 Å². The number of hydrogen-bond donors (Lipinski definition) is 4. The van der Waals surface area contributed by atoms with Crippen LogP contribution in [0.4, 0.5) is 46.0 Å². The van der Waals surface area contributed by atoms with Gasteiger partial charge in [-0.3, -0.25) is 0 Å². The van der Waals surface area contributed by atoms with Gasteiger partial charge in [-0.2, -0.15) is 10.2 Å². The van der Waals surface area contributed by atoms with E-state index in [1.165, 1.54) is 0 Å². The van der Waals surface area contributed by atoms with E-state index >= 15 is 0 Å². The minimum absolute atomic E-state index is 0. The molecule has 0 fully saturated rings. The second kappa shape index (κ2) is 18.0. The van der Waals surface area contributed by atoms with Crippen molar-refractivity contribution >= 4 is 105 Å². The molecule has 4 aromatic rings. The predicted octanol–water partition coefficient (Wildman–Crippen LogP) is 7.32. The normalized spacial score (nSPS) is 9.56. The minimum Gasteiger partial charge on any atom is -0.384 e. The number of aromatic nitrogens is 2. The van der Waals surface area contributed by atoms with E-state index in [1.807, 2.05) is 60.7 Å². The van der Waals surface area contributed by atoms with Crippen molar-refractivity contribution in [1.82, 2.24) is 9.97 Å². The summed E-state index contributed by atoms with van der Waals surface area (Å²) in [4.78, 5) is 7.78. The summed E-state index contributed by atoms with van der Waals surface area (Å²) >= 11 is 0. The predicted molar refractivity (Wildman–Crippen MR) is 162 cm³/mol. The van der Waals surface area contributed by atoms with Crippen molar-refractivity contribution in [2.24, 2.45) is 20.5 Å². The van der Waals surface area contributed by atoms with Crippen molar-refractivity contribution in [3.05, 3.63) is 84.9 Å². The van der Waals surface area contributed by atoms with E-state index in [4.69, 9.17) is 22.9 Å². The van der Waals surface area contributed by atoms with E-state index in [9.17, 15) is 0 Å². The van der Waals surface area contributed by atoms with Crippen molar-refractivity contribution in [2.45, 2.75) is 0 Å². The first-order chi connectivity index (χ1) is 15.5. The molecule has 0 saturated carbocycles. The van der Waals surface area contributed by atoms with Crippen LogP contribution in [0.1, 0.15) is 0 Å². The highest BCUT2D eigenvalue weighted by molar-refractivity contribution is 8.93. The average molecular weight is 661 g/mol. The third-order valence-electron chi connectivity index (χ3n) is 3.91. The second-order valence-electron chi connectivity index (χ2n) is 6.35. The van der Waals surface area contributed by atoms with Crippen LogP contribution in [0, 0.1) is 0 Å². The molecule has 0 aliphatic carbocycles. The van der Waals surface area contributed by atoms with E-state index in [1.54, 1.807) is 24.3 Å². The Bertz CT molecular complexity index is 1130. The zero-order valence-corrected chi connectivity index (χ0v) is 23.8. The number of azo groups is 2. The molecule has 10 nitrogen and oxygen atoms in total. The lowest BCUT2D eigenvalue weighted by Gasteiger charge is -1.98. The number of halogens is 4. The molecule has 192 valence electrons. The molecule has 36 heavy (non-hydrogen) atoms. The van der Waals surface area contributed by atoms with Crippen molar-refractivity contribution in [3.8, 4) is 0 Å². The highest BCUT2D eigenvalue weighted by Gasteiger charge is 2.00. The van der Waals surface area contributed by atoms with E-state index in [0.717, 1.165) is 11.4 Å². The molecule has 0 aliphatic heterocycles. The topological polar surface area (TPSA) is 179 Å². The van der Waals surface area contributed by atoms with Crippen LogP contribution < -0.4 is 22.9 Å². The summed E-state index contributed by atoms with van der Waals surface area (Å²) in [6.45, 7) is 0. The third kappa shape index (κ3) is 11.4. The Morgan fingerprint density at radius 2 is 0.778 bits per heavy atom. The van der Waals surface area contributed by atoms with Crippen LogP contribution >= 0.6 is 58.8 Å². The number of nitrogens with zero attached hydrogens (tertiary/aromatic N) is 6. The standard InChI is InChI=1S/2C11H11N5.2BrH.2ClH/c2*12-10-7-6-9(11(13)14-10)16-15-8-4-2-1-3-5-8;;;;/h2*1-7H,(H4,12,13,14);4*1H/b2*16-15+;;;;. The summed E-state index contributed by atoms with van der Waals surface area (Å²) in [5.74, 6) is 1.30. The largest absolute Gasteiger partial charge is 0.384 e. The summed E-state index contributed by atoms with van der Waals surface area (Å²) in [6.07, 6.45) is 0. The Morgan fingerprint density at radius 1 is 0.444 bits per heavy atom. The van der Waals surface area contributed by atoms with E-state index in [2.05, 4.69) is 30.4 Å². The number of nitrogen functional groups attached to an aromatic ring is 4. The molecule has 14 heteroatoms. The van der Waals surface area contributed by atoms with Gasteiger partial charge in [0.15, 0.2) is 11.6 Å². The van der Waals surface area contributed by atoms with E-state index in [-0.39, 0.29) is 70.4 Å². The van der Waals surface area contributed by atoms with E-state index < -0.39 is 0 Å². The van der Waals surface area contributed by atoms with Gasteiger partial charge in [0.25, 0.3) is 0 Å². The first kappa shape index (κ1) is 34.8. The highest BCUT2D eigenvalue weighted by atomic mass is 79.9. The molecule has 0 aliphatic rings. The molecule has 2 aromatic carbocycles. The SMILES string of the molecule is Br.Br.Cl.Cl.Nc1ccc(/N=N/c2ccccc2)c(N)n1.Nc1ccc(/N=N/c2ccccc2)c(N)n1. The summed E-state index contributed by atoms with van der Waals surface area (Å²) in [7, 11) is 0. The van der Waals surface area contributed by atoms with Crippen LogP contribution in [0.5, 0.6) is 0 Å². The molecule has 2 heterocycles. The van der Waals surface area contributed by atoms with Crippen LogP contribution in [0.25, 0.3) is 0 Å². The van der Waals surface area contributed by atoms with Gasteiger partial charge in [0.2, 0.25) is 0 Å². The molecular weight excluding hydrogens is 635 g/mol. The number of benzene rings is 2. The smallest absolute Gasteiger partial charge is 0.153 e. The van der Waals surface area contributed by atoms with Crippen LogP contribution in [-0.2, 0) is 0 Å². The molecule has 0 spiro atoms. The Morgan fingerprint density at radius 3 is 1.08 bits per heavy atom. The molecule has 0 unspecified atom stereocenters. The number of nitrogens with two attached hydrogens (primary N) is 4. The van der Waals surface area contributed by atoms with Gasteiger partial charge in [-0.25, -0.2) is 9.97 Å². The minimum atomic E-state index is 0. The van der Waals surface area contributed by atoms with Gasteiger partial charge in [0.05, 0.1) is 11.4 Å². The lowest BCUT2D eigenvalue weighted by Crippen LogP contribution is -1.95. The van der Waals surface area contributed by atoms with Crippen molar-refractivity contribution in [3.63, 3.8) is 0 Å². The highest BCUT2D eigenvalue weighted by Crippen LogP contribution is 2.24. The van der Waals surface area contributed by atoms with Crippen molar-refractivity contribution < 1.29 is 0 Å². The quantitative estimate of drug-likeness (QED) is 0.166. The van der Waals surface area contributed by atoms with Gasteiger partial charge in [-0.05, 0) is 48.5 Å². The summed E-state index contributed by atoms with van der Waals surface area (Å²) in [5, 5.41) is 16.1. The van der Waals surface area contributed by atoms with Gasteiger partial charge >= 0.3 is 0 Å². The second-order valence-corrected chi connectivity index (χ2v) is 6.35. The number of pyridine rings is 2. The maximum Gasteiger partial charge on any atom is 0.153 e. The molecule has 4 rings (SSSR count). The molecule has 0 bridgehead atoms.